The highest BCUT2D eigenvalue weighted by atomic mass is 19.4. The highest BCUT2D eigenvalue weighted by Crippen LogP contribution is 2.31. The summed E-state index contributed by atoms with van der Waals surface area (Å²) in [5, 5.41) is 2.58. The van der Waals surface area contributed by atoms with E-state index in [1.165, 1.54) is 13.0 Å². The third-order valence-corrected chi connectivity index (χ3v) is 3.63. The molecule has 1 amide bonds. The van der Waals surface area contributed by atoms with Crippen molar-refractivity contribution in [2.24, 2.45) is 0 Å². The highest BCUT2D eigenvalue weighted by molar-refractivity contribution is 5.95. The number of alkyl halides is 3. The molecule has 2 aromatic carbocycles. The van der Waals surface area contributed by atoms with E-state index in [4.69, 9.17) is 14.2 Å². The van der Waals surface area contributed by atoms with Gasteiger partial charge in [-0.3, -0.25) is 4.79 Å². The molecule has 0 heterocycles. The minimum Gasteiger partial charge on any atom is -0.494 e. The Kier molecular flexibility index (Phi) is 7.46. The maximum absolute atomic E-state index is 12.7. The van der Waals surface area contributed by atoms with Crippen molar-refractivity contribution in [1.82, 2.24) is 0 Å². The zero-order valence-electron chi connectivity index (χ0n) is 15.8. The molecule has 9 heteroatoms. The lowest BCUT2D eigenvalue weighted by molar-refractivity contribution is -0.155. The fourth-order valence-corrected chi connectivity index (χ4v) is 2.23. The Hall–Kier alpha value is -3.23. The van der Waals surface area contributed by atoms with E-state index in [0.717, 1.165) is 18.2 Å². The van der Waals surface area contributed by atoms with Crippen molar-refractivity contribution in [3.63, 3.8) is 0 Å². The zero-order chi connectivity index (χ0) is 21.4. The lowest BCUT2D eigenvalue weighted by Gasteiger charge is -2.14. The van der Waals surface area contributed by atoms with Gasteiger partial charge in [0, 0.05) is 5.69 Å². The van der Waals surface area contributed by atoms with E-state index < -0.39 is 36.3 Å². The number of carbonyl (C=O) groups excluding carboxylic acids is 2. The van der Waals surface area contributed by atoms with Gasteiger partial charge in [0.05, 0.1) is 12.2 Å². The predicted octanol–water partition coefficient (Wildman–Crippen LogP) is 4.05. The van der Waals surface area contributed by atoms with Gasteiger partial charge in [-0.05, 0) is 56.3 Å². The summed E-state index contributed by atoms with van der Waals surface area (Å²) < 4.78 is 53.3. The molecular weight excluding hydrogens is 391 g/mol. The number of nitrogens with one attached hydrogen (secondary N) is 1. The Balaban J connectivity index is 1.83. The third kappa shape index (κ3) is 7.02. The van der Waals surface area contributed by atoms with Crippen molar-refractivity contribution >= 4 is 17.6 Å². The van der Waals surface area contributed by atoms with Crippen molar-refractivity contribution in [3.8, 4) is 11.5 Å². The van der Waals surface area contributed by atoms with E-state index in [0.29, 0.717) is 18.0 Å². The molecule has 0 aliphatic rings. The molecule has 0 aliphatic heterocycles. The van der Waals surface area contributed by atoms with Crippen LogP contribution in [-0.4, -0.2) is 31.2 Å². The van der Waals surface area contributed by atoms with Crippen molar-refractivity contribution in [1.29, 1.82) is 0 Å². The minimum absolute atomic E-state index is 0.136. The molecule has 0 fully saturated rings. The first-order valence-electron chi connectivity index (χ1n) is 8.72. The standard InChI is InChI=1S/C20H20F3NO5/c1-3-27-16-9-7-15(8-10-16)24-19(26)13(2)29-18(25)12-28-17-6-4-5-14(11-17)20(21,22)23/h4-11,13H,3,12H2,1-2H3,(H,24,26). The van der Waals surface area contributed by atoms with E-state index in [9.17, 15) is 22.8 Å². The summed E-state index contributed by atoms with van der Waals surface area (Å²) in [7, 11) is 0. The zero-order valence-corrected chi connectivity index (χ0v) is 15.8. The number of anilines is 1. The van der Waals surface area contributed by atoms with Gasteiger partial charge in [-0.25, -0.2) is 4.79 Å². The number of hydrogen-bond donors (Lipinski definition) is 1. The summed E-state index contributed by atoms with van der Waals surface area (Å²) in [6, 6.07) is 10.7. The average Bonchev–Trinajstić information content (AvgIpc) is 2.67. The van der Waals surface area contributed by atoms with Crippen molar-refractivity contribution in [3.05, 3.63) is 54.1 Å². The molecule has 0 radical (unpaired) electrons. The molecule has 0 saturated carbocycles. The number of carbonyl (C=O) groups is 2. The van der Waals surface area contributed by atoms with Gasteiger partial charge in [0.2, 0.25) is 0 Å². The van der Waals surface area contributed by atoms with Crippen LogP contribution in [0.5, 0.6) is 11.5 Å². The van der Waals surface area contributed by atoms with Gasteiger partial charge in [0.15, 0.2) is 12.7 Å². The first-order valence-corrected chi connectivity index (χ1v) is 8.72. The highest BCUT2D eigenvalue weighted by Gasteiger charge is 2.30. The van der Waals surface area contributed by atoms with Crippen LogP contribution < -0.4 is 14.8 Å². The quantitative estimate of drug-likeness (QED) is 0.664. The van der Waals surface area contributed by atoms with E-state index >= 15 is 0 Å². The molecule has 0 saturated heterocycles. The molecule has 2 aromatic rings. The molecule has 2 rings (SSSR count). The minimum atomic E-state index is -4.52. The van der Waals surface area contributed by atoms with Crippen LogP contribution in [0.25, 0.3) is 0 Å². The summed E-state index contributed by atoms with van der Waals surface area (Å²) in [5.41, 5.74) is -0.409. The molecule has 1 N–H and O–H groups in total. The second-order valence-corrected chi connectivity index (χ2v) is 5.89. The Labute approximate surface area is 165 Å². The monoisotopic (exact) mass is 411 g/mol. The third-order valence-electron chi connectivity index (χ3n) is 3.63. The van der Waals surface area contributed by atoms with Crippen LogP contribution in [0.3, 0.4) is 0 Å². The van der Waals surface area contributed by atoms with Gasteiger partial charge in [0.1, 0.15) is 11.5 Å². The number of benzene rings is 2. The molecule has 0 aromatic heterocycles. The number of halogens is 3. The molecule has 0 aliphatic carbocycles. The molecule has 1 atom stereocenters. The van der Waals surface area contributed by atoms with Crippen molar-refractivity contribution in [2.45, 2.75) is 26.1 Å². The summed E-state index contributed by atoms with van der Waals surface area (Å²) in [4.78, 5) is 23.9. The normalized spacial score (nSPS) is 12.0. The summed E-state index contributed by atoms with van der Waals surface area (Å²) in [6.07, 6.45) is -5.65. The second-order valence-electron chi connectivity index (χ2n) is 5.89. The Morgan fingerprint density at radius 2 is 1.72 bits per heavy atom. The SMILES string of the molecule is CCOc1ccc(NC(=O)C(C)OC(=O)COc2cccc(C(F)(F)F)c2)cc1. The van der Waals surface area contributed by atoms with E-state index in [-0.39, 0.29) is 5.75 Å². The van der Waals surface area contributed by atoms with Gasteiger partial charge < -0.3 is 19.5 Å². The van der Waals surface area contributed by atoms with Crippen LogP contribution in [-0.2, 0) is 20.5 Å². The summed E-state index contributed by atoms with van der Waals surface area (Å²) >= 11 is 0. The second kappa shape index (κ2) is 9.81. The average molecular weight is 411 g/mol. The fraction of sp³-hybridized carbons (Fsp3) is 0.300. The van der Waals surface area contributed by atoms with Gasteiger partial charge in [0.25, 0.3) is 5.91 Å². The maximum Gasteiger partial charge on any atom is 0.416 e. The Morgan fingerprint density at radius 1 is 1.03 bits per heavy atom. The van der Waals surface area contributed by atoms with Crippen LogP contribution in [0.15, 0.2) is 48.5 Å². The summed E-state index contributed by atoms with van der Waals surface area (Å²) in [5.74, 6) is -0.946. The van der Waals surface area contributed by atoms with Crippen molar-refractivity contribution < 1.29 is 37.0 Å². The first-order chi connectivity index (χ1) is 13.7. The van der Waals surface area contributed by atoms with E-state index in [1.54, 1.807) is 24.3 Å². The number of amides is 1. The molecule has 0 spiro atoms. The van der Waals surface area contributed by atoms with Gasteiger partial charge in [-0.15, -0.1) is 0 Å². The Morgan fingerprint density at radius 3 is 2.34 bits per heavy atom. The van der Waals surface area contributed by atoms with Gasteiger partial charge in [-0.1, -0.05) is 6.07 Å². The number of esters is 1. The largest absolute Gasteiger partial charge is 0.494 e. The smallest absolute Gasteiger partial charge is 0.416 e. The summed E-state index contributed by atoms with van der Waals surface area (Å²) in [6.45, 7) is 3.10. The fourth-order valence-electron chi connectivity index (χ4n) is 2.23. The Bertz CT molecular complexity index is 837. The number of hydrogen-bond acceptors (Lipinski definition) is 5. The number of ether oxygens (including phenoxy) is 3. The molecule has 156 valence electrons. The first kappa shape index (κ1) is 22.1. The van der Waals surface area contributed by atoms with E-state index in [1.807, 2.05) is 6.92 Å². The van der Waals surface area contributed by atoms with Crippen molar-refractivity contribution in [2.75, 3.05) is 18.5 Å². The van der Waals surface area contributed by atoms with Crippen LogP contribution in [0, 0.1) is 0 Å². The maximum atomic E-state index is 12.7. The van der Waals surface area contributed by atoms with Crippen LogP contribution in [0.2, 0.25) is 0 Å². The molecule has 0 bridgehead atoms. The lowest BCUT2D eigenvalue weighted by atomic mass is 10.2. The molecule has 6 nitrogen and oxygen atoms in total. The molecule has 1 unspecified atom stereocenters. The topological polar surface area (TPSA) is 73.9 Å². The van der Waals surface area contributed by atoms with Crippen LogP contribution in [0.1, 0.15) is 19.4 Å². The van der Waals surface area contributed by atoms with Crippen LogP contribution in [0.4, 0.5) is 18.9 Å². The molecule has 29 heavy (non-hydrogen) atoms. The predicted molar refractivity (Wildman–Crippen MR) is 98.7 cm³/mol. The van der Waals surface area contributed by atoms with Crippen LogP contribution >= 0.6 is 0 Å². The lowest BCUT2D eigenvalue weighted by Crippen LogP contribution is -2.31. The van der Waals surface area contributed by atoms with Gasteiger partial charge in [-0.2, -0.15) is 13.2 Å². The van der Waals surface area contributed by atoms with Gasteiger partial charge >= 0.3 is 12.1 Å². The van der Waals surface area contributed by atoms with E-state index in [2.05, 4.69) is 5.32 Å². The number of rotatable bonds is 8. The molecular formula is C20H20F3NO5.